The lowest BCUT2D eigenvalue weighted by atomic mass is 10.4. The molecule has 0 amide bonds. The number of nitrogens with one attached hydrogen (secondary N) is 1. The van der Waals surface area contributed by atoms with Gasteiger partial charge in [0.05, 0.1) is 6.61 Å². The molecule has 0 aliphatic rings. The van der Waals surface area contributed by atoms with Crippen LogP contribution in [0, 0.1) is 0 Å². The fourth-order valence-electron chi connectivity index (χ4n) is 1.21. The summed E-state index contributed by atoms with van der Waals surface area (Å²) in [6.45, 7) is 2.55. The van der Waals surface area contributed by atoms with Gasteiger partial charge in [-0.05, 0) is 6.54 Å². The second-order valence-electron chi connectivity index (χ2n) is 3.61. The number of halogens is 3. The lowest BCUT2D eigenvalue weighted by Crippen LogP contribution is -2.17. The maximum atomic E-state index is 11.8. The van der Waals surface area contributed by atoms with Crippen LogP contribution in [-0.2, 0) is 17.6 Å². The molecule has 0 spiro atoms. The largest absolute Gasteiger partial charge is 0.411 e. The van der Waals surface area contributed by atoms with Crippen LogP contribution in [0.1, 0.15) is 16.9 Å². The fraction of sp³-hybridized carbons (Fsp3) is 0.800. The smallest absolute Gasteiger partial charge is 0.372 e. The van der Waals surface area contributed by atoms with Crippen molar-refractivity contribution in [3.8, 4) is 0 Å². The summed E-state index contributed by atoms with van der Waals surface area (Å²) in [6.07, 6.45) is -3.11. The van der Waals surface area contributed by atoms with Crippen molar-refractivity contribution in [2.75, 3.05) is 26.3 Å². The molecule has 104 valence electrons. The highest BCUT2D eigenvalue weighted by Gasteiger charge is 2.27. The van der Waals surface area contributed by atoms with E-state index in [4.69, 9.17) is 0 Å². The van der Waals surface area contributed by atoms with Crippen LogP contribution in [0.2, 0.25) is 0 Å². The lowest BCUT2D eigenvalue weighted by molar-refractivity contribution is -0.173. The minimum absolute atomic E-state index is 0.0152. The van der Waals surface area contributed by atoms with Crippen molar-refractivity contribution in [2.45, 2.75) is 25.9 Å². The molecule has 4 nitrogen and oxygen atoms in total. The Morgan fingerprint density at radius 3 is 2.50 bits per heavy atom. The molecule has 1 aromatic rings. The van der Waals surface area contributed by atoms with Gasteiger partial charge < -0.3 is 10.1 Å². The average molecular weight is 283 g/mol. The Morgan fingerprint density at radius 1 is 1.22 bits per heavy atom. The van der Waals surface area contributed by atoms with E-state index in [0.29, 0.717) is 11.4 Å². The third-order valence-corrected chi connectivity index (χ3v) is 3.04. The number of ether oxygens (including phenoxy) is 1. The Bertz CT molecular complexity index is 343. The molecule has 0 aliphatic heterocycles. The average Bonchev–Trinajstić information content (AvgIpc) is 2.72. The summed E-state index contributed by atoms with van der Waals surface area (Å²) in [5.74, 6) is 0. The predicted molar refractivity (Wildman–Crippen MR) is 62.7 cm³/mol. The fourth-order valence-corrected chi connectivity index (χ4v) is 2.03. The maximum absolute atomic E-state index is 11.8. The van der Waals surface area contributed by atoms with Crippen LogP contribution in [-0.4, -0.2) is 42.7 Å². The van der Waals surface area contributed by atoms with Crippen molar-refractivity contribution < 1.29 is 17.9 Å². The van der Waals surface area contributed by atoms with Gasteiger partial charge >= 0.3 is 6.18 Å². The summed E-state index contributed by atoms with van der Waals surface area (Å²) < 4.78 is 39.9. The van der Waals surface area contributed by atoms with Crippen LogP contribution in [0.4, 0.5) is 13.2 Å². The quantitative estimate of drug-likeness (QED) is 0.739. The van der Waals surface area contributed by atoms with E-state index >= 15 is 0 Å². The molecule has 1 rings (SSSR count). The second-order valence-corrected chi connectivity index (χ2v) is 4.76. The molecule has 0 aromatic carbocycles. The summed E-state index contributed by atoms with van der Waals surface area (Å²) in [5, 5.41) is 12.6. The number of likely N-dealkylation sites (N-methyl/N-ethyl adjacent to an activating group) is 1. The van der Waals surface area contributed by atoms with Gasteiger partial charge in [-0.2, -0.15) is 13.2 Å². The predicted octanol–water partition coefficient (Wildman–Crippen LogP) is 1.81. The van der Waals surface area contributed by atoms with Gasteiger partial charge in [0, 0.05) is 19.4 Å². The van der Waals surface area contributed by atoms with E-state index in [1.54, 1.807) is 0 Å². The number of aromatic nitrogens is 2. The third kappa shape index (κ3) is 6.87. The first-order chi connectivity index (χ1) is 8.51. The van der Waals surface area contributed by atoms with Gasteiger partial charge in [-0.25, -0.2) is 0 Å². The topological polar surface area (TPSA) is 47.0 Å². The highest BCUT2D eigenvalue weighted by molar-refractivity contribution is 7.11. The zero-order valence-corrected chi connectivity index (χ0v) is 10.9. The Hall–Kier alpha value is -0.730. The van der Waals surface area contributed by atoms with Crippen LogP contribution in [0.5, 0.6) is 0 Å². The van der Waals surface area contributed by atoms with Crippen LogP contribution >= 0.6 is 11.3 Å². The third-order valence-electron chi connectivity index (χ3n) is 2.00. The summed E-state index contributed by atoms with van der Waals surface area (Å²) >= 11 is 1.42. The van der Waals surface area contributed by atoms with E-state index in [1.165, 1.54) is 11.3 Å². The zero-order valence-electron chi connectivity index (χ0n) is 10.1. The number of hydrogen-bond acceptors (Lipinski definition) is 5. The van der Waals surface area contributed by atoms with E-state index in [-0.39, 0.29) is 6.61 Å². The van der Waals surface area contributed by atoms with Gasteiger partial charge in [0.15, 0.2) is 0 Å². The Morgan fingerprint density at radius 2 is 1.89 bits per heavy atom. The van der Waals surface area contributed by atoms with Crippen molar-refractivity contribution >= 4 is 11.3 Å². The lowest BCUT2D eigenvalue weighted by Gasteiger charge is -2.05. The molecule has 18 heavy (non-hydrogen) atoms. The van der Waals surface area contributed by atoms with Crippen LogP contribution in [0.15, 0.2) is 0 Å². The molecule has 0 fully saturated rings. The Labute approximate surface area is 108 Å². The summed E-state index contributed by atoms with van der Waals surface area (Å²) in [4.78, 5) is 0. The monoisotopic (exact) mass is 283 g/mol. The first-order valence-corrected chi connectivity index (χ1v) is 6.49. The van der Waals surface area contributed by atoms with Gasteiger partial charge in [-0.3, -0.25) is 0 Å². The van der Waals surface area contributed by atoms with Gasteiger partial charge in [0.25, 0.3) is 0 Å². The van der Waals surface area contributed by atoms with E-state index in [1.807, 2.05) is 6.92 Å². The van der Waals surface area contributed by atoms with Crippen LogP contribution in [0.25, 0.3) is 0 Å². The van der Waals surface area contributed by atoms with Crippen molar-refractivity contribution in [3.05, 3.63) is 10.0 Å². The van der Waals surface area contributed by atoms with Crippen LogP contribution in [0.3, 0.4) is 0 Å². The molecule has 0 bridgehead atoms. The van der Waals surface area contributed by atoms with E-state index in [0.717, 1.165) is 24.5 Å². The number of hydrogen-bond donors (Lipinski definition) is 1. The van der Waals surface area contributed by atoms with Gasteiger partial charge in [-0.1, -0.05) is 6.92 Å². The van der Waals surface area contributed by atoms with Crippen LogP contribution < -0.4 is 5.32 Å². The molecule has 0 saturated heterocycles. The second kappa shape index (κ2) is 7.65. The summed E-state index contributed by atoms with van der Waals surface area (Å²) in [5.41, 5.74) is 0. The molecule has 1 aromatic heterocycles. The molecule has 0 unspecified atom stereocenters. The molecule has 0 atom stereocenters. The van der Waals surface area contributed by atoms with Gasteiger partial charge in [0.1, 0.15) is 16.6 Å². The highest BCUT2D eigenvalue weighted by atomic mass is 32.1. The van der Waals surface area contributed by atoms with E-state index < -0.39 is 12.8 Å². The van der Waals surface area contributed by atoms with Gasteiger partial charge in [-0.15, -0.1) is 21.5 Å². The van der Waals surface area contributed by atoms with Gasteiger partial charge in [0.2, 0.25) is 0 Å². The Balaban J connectivity index is 2.19. The number of alkyl halides is 3. The van der Waals surface area contributed by atoms with E-state index in [9.17, 15) is 13.2 Å². The summed E-state index contributed by atoms with van der Waals surface area (Å²) in [6, 6.07) is 0. The van der Waals surface area contributed by atoms with Crippen molar-refractivity contribution in [1.29, 1.82) is 0 Å². The molecular formula is C10H16F3N3OS. The minimum atomic E-state index is -4.27. The standard InChI is InChI=1S/C10H16F3N3OS/c1-2-14-5-3-8-15-16-9(18-8)4-6-17-7-10(11,12)13/h14H,2-7H2,1H3. The van der Waals surface area contributed by atoms with Crippen molar-refractivity contribution in [2.24, 2.45) is 0 Å². The van der Waals surface area contributed by atoms with Crippen molar-refractivity contribution in [3.63, 3.8) is 0 Å². The molecule has 1 heterocycles. The Kier molecular flexibility index (Phi) is 6.51. The SMILES string of the molecule is CCNCCc1nnc(CCOCC(F)(F)F)s1. The first-order valence-electron chi connectivity index (χ1n) is 5.67. The molecule has 0 aliphatic carbocycles. The molecule has 0 radical (unpaired) electrons. The maximum Gasteiger partial charge on any atom is 0.411 e. The summed E-state index contributed by atoms with van der Waals surface area (Å²) in [7, 11) is 0. The molecule has 8 heteroatoms. The van der Waals surface area contributed by atoms with E-state index in [2.05, 4.69) is 20.3 Å². The normalized spacial score (nSPS) is 12.0. The highest BCUT2D eigenvalue weighted by Crippen LogP contribution is 2.15. The molecule has 1 N–H and O–H groups in total. The number of rotatable bonds is 8. The first kappa shape index (κ1) is 15.3. The minimum Gasteiger partial charge on any atom is -0.372 e. The molecule has 0 saturated carbocycles. The zero-order chi connectivity index (χ0) is 13.4. The van der Waals surface area contributed by atoms with Crippen molar-refractivity contribution in [1.82, 2.24) is 15.5 Å². The molecular weight excluding hydrogens is 267 g/mol. The number of nitrogens with zero attached hydrogens (tertiary/aromatic N) is 2.